The van der Waals surface area contributed by atoms with Gasteiger partial charge in [-0.3, -0.25) is 9.69 Å². The molecule has 3 aliphatic rings. The number of piperidine rings is 3. The van der Waals surface area contributed by atoms with Crippen LogP contribution in [0.25, 0.3) is 0 Å². The molecule has 9 heteroatoms. The first-order valence-corrected chi connectivity index (χ1v) is 13.0. The number of hydrogen-bond acceptors (Lipinski definition) is 5. The number of alkyl halides is 3. The Hall–Kier alpha value is -3.56. The highest BCUT2D eigenvalue weighted by molar-refractivity contribution is 5.74. The molecule has 2 N–H and O–H groups in total. The molecule has 3 saturated heterocycles. The smallest absolute Gasteiger partial charge is 0.496 e. The monoisotopic (exact) mass is 540 g/mol. The minimum absolute atomic E-state index is 0.0802. The largest absolute Gasteiger partial charge is 0.573 e. The third-order valence-corrected chi connectivity index (χ3v) is 7.90. The van der Waals surface area contributed by atoms with Gasteiger partial charge in [-0.05, 0) is 54.6 Å². The molecule has 5 atom stereocenters. The number of carboxylic acid groups (broad SMARTS) is 1. The standard InChI is InChI=1S/C30H31F3N2O4/c1-38-25-13-12-23(39-30(31,32)33)16-22(25)18-34-27-21-14-15-35(24(17-21)29(36)37)28(27)26(19-8-4-2-5-9-19)20-10-6-3-7-11-20/h2-13,16,21,24,26-28,34H,14-15,17-18H2,1H3,(H,36,37)/t21-,24?,27+,28+/m1/s1. The lowest BCUT2D eigenvalue weighted by Crippen LogP contribution is -2.69. The lowest BCUT2D eigenvalue weighted by Gasteiger charge is -2.56. The second-order valence-corrected chi connectivity index (χ2v) is 10.1. The van der Waals surface area contributed by atoms with Crippen LogP contribution in [0, 0.1) is 5.92 Å². The Labute approximate surface area is 225 Å². The van der Waals surface area contributed by atoms with Crippen LogP contribution in [-0.4, -0.2) is 54.1 Å². The Morgan fingerprint density at radius 3 is 2.26 bits per heavy atom. The molecule has 6 rings (SSSR count). The summed E-state index contributed by atoms with van der Waals surface area (Å²) in [7, 11) is 1.47. The maximum atomic E-state index is 12.9. The summed E-state index contributed by atoms with van der Waals surface area (Å²) in [6.07, 6.45) is -3.46. The van der Waals surface area contributed by atoms with E-state index in [-0.39, 0.29) is 36.2 Å². The van der Waals surface area contributed by atoms with Crippen LogP contribution >= 0.6 is 0 Å². The lowest BCUT2D eigenvalue weighted by molar-refractivity contribution is -0.274. The van der Waals surface area contributed by atoms with Gasteiger partial charge in [0.2, 0.25) is 0 Å². The van der Waals surface area contributed by atoms with E-state index in [1.807, 2.05) is 36.4 Å². The first-order chi connectivity index (χ1) is 18.7. The predicted molar refractivity (Wildman–Crippen MR) is 140 cm³/mol. The van der Waals surface area contributed by atoms with Gasteiger partial charge in [-0.1, -0.05) is 60.7 Å². The molecule has 3 aromatic carbocycles. The second kappa shape index (κ2) is 11.3. The molecule has 39 heavy (non-hydrogen) atoms. The van der Waals surface area contributed by atoms with Crippen molar-refractivity contribution in [2.24, 2.45) is 5.92 Å². The minimum atomic E-state index is -4.80. The zero-order chi connectivity index (χ0) is 27.6. The second-order valence-electron chi connectivity index (χ2n) is 10.1. The van der Waals surface area contributed by atoms with Gasteiger partial charge in [-0.2, -0.15) is 0 Å². The number of carbonyl (C=O) groups is 1. The lowest BCUT2D eigenvalue weighted by atomic mass is 9.68. The van der Waals surface area contributed by atoms with Crippen LogP contribution in [0.3, 0.4) is 0 Å². The summed E-state index contributed by atoms with van der Waals surface area (Å²) in [6, 6.07) is 23.2. The van der Waals surface area contributed by atoms with Gasteiger partial charge in [0, 0.05) is 30.1 Å². The third-order valence-electron chi connectivity index (χ3n) is 7.90. The summed E-state index contributed by atoms with van der Waals surface area (Å²) in [6.45, 7) is 0.899. The Kier molecular flexibility index (Phi) is 7.81. The Balaban J connectivity index is 1.52. The molecule has 0 aromatic heterocycles. The maximum absolute atomic E-state index is 12.9. The van der Waals surface area contributed by atoms with Crippen molar-refractivity contribution in [1.29, 1.82) is 0 Å². The minimum Gasteiger partial charge on any atom is -0.496 e. The van der Waals surface area contributed by atoms with Gasteiger partial charge in [-0.15, -0.1) is 13.2 Å². The number of carboxylic acids is 1. The maximum Gasteiger partial charge on any atom is 0.573 e. The summed E-state index contributed by atoms with van der Waals surface area (Å²) < 4.78 is 48.2. The zero-order valence-electron chi connectivity index (χ0n) is 21.5. The highest BCUT2D eigenvalue weighted by atomic mass is 19.4. The van der Waals surface area contributed by atoms with E-state index in [4.69, 9.17) is 4.74 Å². The first kappa shape index (κ1) is 27.0. The molecular weight excluding hydrogens is 509 g/mol. The Morgan fingerprint density at radius 2 is 1.69 bits per heavy atom. The van der Waals surface area contributed by atoms with Crippen molar-refractivity contribution in [1.82, 2.24) is 10.2 Å². The van der Waals surface area contributed by atoms with Crippen molar-refractivity contribution in [2.75, 3.05) is 13.7 Å². The molecule has 0 saturated carbocycles. The van der Waals surface area contributed by atoms with E-state index in [9.17, 15) is 23.1 Å². The fraction of sp³-hybridized carbons (Fsp3) is 0.367. The fourth-order valence-electron chi connectivity index (χ4n) is 6.33. The van der Waals surface area contributed by atoms with E-state index < -0.39 is 18.4 Å². The van der Waals surface area contributed by atoms with E-state index in [0.717, 1.165) is 17.5 Å². The molecule has 2 bridgehead atoms. The van der Waals surface area contributed by atoms with E-state index >= 15 is 0 Å². The van der Waals surface area contributed by atoms with Crippen molar-refractivity contribution in [3.05, 3.63) is 95.6 Å². The number of hydrogen-bond donors (Lipinski definition) is 2. The highest BCUT2D eigenvalue weighted by Crippen LogP contribution is 2.45. The molecule has 0 radical (unpaired) electrons. The Morgan fingerprint density at radius 1 is 1.05 bits per heavy atom. The van der Waals surface area contributed by atoms with Crippen molar-refractivity contribution < 1.29 is 32.5 Å². The number of benzene rings is 3. The van der Waals surface area contributed by atoms with Crippen LogP contribution in [-0.2, 0) is 11.3 Å². The summed E-state index contributed by atoms with van der Waals surface area (Å²) in [5, 5.41) is 13.7. The molecular formula is C30H31F3N2O4. The quantitative estimate of drug-likeness (QED) is 0.377. The van der Waals surface area contributed by atoms with E-state index in [1.54, 1.807) is 0 Å². The van der Waals surface area contributed by atoms with Gasteiger partial charge < -0.3 is 19.9 Å². The van der Waals surface area contributed by atoms with E-state index in [2.05, 4.69) is 39.2 Å². The molecule has 3 aromatic rings. The molecule has 6 nitrogen and oxygen atoms in total. The van der Waals surface area contributed by atoms with Crippen LogP contribution in [0.15, 0.2) is 78.9 Å². The normalized spacial score (nSPS) is 24.5. The Bertz CT molecular complexity index is 1230. The van der Waals surface area contributed by atoms with Crippen molar-refractivity contribution in [3.8, 4) is 11.5 Å². The van der Waals surface area contributed by atoms with Gasteiger partial charge in [-0.25, -0.2) is 0 Å². The molecule has 3 aliphatic heterocycles. The molecule has 3 fully saturated rings. The average Bonchev–Trinajstić information content (AvgIpc) is 2.93. The number of aliphatic carboxylic acids is 1. The summed E-state index contributed by atoms with van der Waals surface area (Å²) in [4.78, 5) is 14.4. The summed E-state index contributed by atoms with van der Waals surface area (Å²) >= 11 is 0. The summed E-state index contributed by atoms with van der Waals surface area (Å²) in [5.41, 5.74) is 2.69. The number of fused-ring (bicyclic) bond motifs is 3. The van der Waals surface area contributed by atoms with Gasteiger partial charge in [0.1, 0.15) is 17.5 Å². The van der Waals surface area contributed by atoms with Gasteiger partial charge in [0.05, 0.1) is 7.11 Å². The zero-order valence-corrected chi connectivity index (χ0v) is 21.5. The number of rotatable bonds is 9. The van der Waals surface area contributed by atoms with Gasteiger partial charge >= 0.3 is 12.3 Å². The first-order valence-electron chi connectivity index (χ1n) is 13.0. The van der Waals surface area contributed by atoms with Crippen LogP contribution in [0.4, 0.5) is 13.2 Å². The number of ether oxygens (including phenoxy) is 2. The van der Waals surface area contributed by atoms with Gasteiger partial charge in [0.25, 0.3) is 0 Å². The third kappa shape index (κ3) is 5.89. The summed E-state index contributed by atoms with van der Waals surface area (Å²) in [5.74, 6) is -0.737. The SMILES string of the molecule is COc1ccc(OC(F)(F)F)cc1CN[C@H]1[C@@H]2CCN(C(C(=O)O)C2)[C@H]1C(c1ccccc1)c1ccccc1. The van der Waals surface area contributed by atoms with Crippen molar-refractivity contribution in [2.45, 2.75) is 49.8 Å². The van der Waals surface area contributed by atoms with E-state index in [1.165, 1.54) is 25.3 Å². The fourth-order valence-corrected chi connectivity index (χ4v) is 6.33. The highest BCUT2D eigenvalue weighted by Gasteiger charge is 2.52. The van der Waals surface area contributed by atoms with Crippen LogP contribution in [0.5, 0.6) is 11.5 Å². The number of methoxy groups -OCH3 is 1. The molecule has 206 valence electrons. The molecule has 0 spiro atoms. The number of nitrogens with zero attached hydrogens (tertiary/aromatic N) is 1. The molecule has 0 aliphatic carbocycles. The van der Waals surface area contributed by atoms with Crippen LogP contribution in [0.1, 0.15) is 35.4 Å². The number of halogens is 3. The molecule has 2 unspecified atom stereocenters. The molecule has 3 heterocycles. The van der Waals surface area contributed by atoms with Crippen LogP contribution < -0.4 is 14.8 Å². The van der Waals surface area contributed by atoms with Crippen LogP contribution in [0.2, 0.25) is 0 Å². The van der Waals surface area contributed by atoms with E-state index in [0.29, 0.717) is 24.3 Å². The predicted octanol–water partition coefficient (Wildman–Crippen LogP) is 5.43. The number of nitrogens with one attached hydrogen (secondary N) is 1. The molecule has 0 amide bonds. The van der Waals surface area contributed by atoms with Crippen molar-refractivity contribution in [3.63, 3.8) is 0 Å². The topological polar surface area (TPSA) is 71.0 Å². The average molecular weight is 541 g/mol. The van der Waals surface area contributed by atoms with Gasteiger partial charge in [0.15, 0.2) is 0 Å². The van der Waals surface area contributed by atoms with Crippen molar-refractivity contribution >= 4 is 5.97 Å².